The van der Waals surface area contributed by atoms with Crippen LogP contribution >= 0.6 is 15.9 Å². The second-order valence-electron chi connectivity index (χ2n) is 4.35. The van der Waals surface area contributed by atoms with Gasteiger partial charge in [0, 0.05) is 4.47 Å². The van der Waals surface area contributed by atoms with Gasteiger partial charge in [0.2, 0.25) is 0 Å². The highest BCUT2D eigenvalue weighted by atomic mass is 79.9. The Kier molecular flexibility index (Phi) is 3.57. The number of nitrogens with two attached hydrogens (primary N) is 1. The molecule has 88 valence electrons. The van der Waals surface area contributed by atoms with E-state index < -0.39 is 17.4 Å². The summed E-state index contributed by atoms with van der Waals surface area (Å²) in [5.41, 5.74) is 5.16. The fourth-order valence-corrected chi connectivity index (χ4v) is 1.75. The molecule has 5 heteroatoms. The lowest BCUT2D eigenvalue weighted by molar-refractivity contribution is 0.00697. The van der Waals surface area contributed by atoms with Crippen molar-refractivity contribution in [2.75, 3.05) is 5.73 Å². The molecule has 0 fully saturated rings. The summed E-state index contributed by atoms with van der Waals surface area (Å²) in [5, 5.41) is 0. The summed E-state index contributed by atoms with van der Waals surface area (Å²) in [5.74, 6) is -1.08. The quantitative estimate of drug-likeness (QED) is 0.638. The van der Waals surface area contributed by atoms with Crippen LogP contribution in [0.25, 0.3) is 0 Å². The molecule has 0 aliphatic heterocycles. The summed E-state index contributed by atoms with van der Waals surface area (Å²) >= 11 is 3.09. The first kappa shape index (κ1) is 13.0. The van der Waals surface area contributed by atoms with Crippen molar-refractivity contribution >= 4 is 27.6 Å². The van der Waals surface area contributed by atoms with Crippen molar-refractivity contribution in [1.29, 1.82) is 0 Å². The molecule has 0 heterocycles. The van der Waals surface area contributed by atoms with Crippen LogP contribution in [0, 0.1) is 5.82 Å². The molecule has 0 aliphatic rings. The van der Waals surface area contributed by atoms with E-state index >= 15 is 0 Å². The molecule has 0 spiro atoms. The van der Waals surface area contributed by atoms with Crippen LogP contribution in [0.5, 0.6) is 0 Å². The highest BCUT2D eigenvalue weighted by molar-refractivity contribution is 9.10. The van der Waals surface area contributed by atoms with Crippen LogP contribution in [0.4, 0.5) is 10.1 Å². The third-order valence-electron chi connectivity index (χ3n) is 1.69. The van der Waals surface area contributed by atoms with Gasteiger partial charge in [-0.25, -0.2) is 9.18 Å². The lowest BCUT2D eigenvalue weighted by atomic mass is 10.1. The third-order valence-corrected chi connectivity index (χ3v) is 2.31. The smallest absolute Gasteiger partial charge is 0.341 e. The van der Waals surface area contributed by atoms with Crippen molar-refractivity contribution in [3.63, 3.8) is 0 Å². The fourth-order valence-electron chi connectivity index (χ4n) is 1.14. The number of halogens is 2. The minimum atomic E-state index is -0.614. The highest BCUT2D eigenvalue weighted by Gasteiger charge is 2.22. The topological polar surface area (TPSA) is 52.3 Å². The maximum Gasteiger partial charge on any atom is 0.341 e. The summed E-state index contributed by atoms with van der Waals surface area (Å²) in [7, 11) is 0. The first-order chi connectivity index (χ1) is 7.20. The molecule has 0 unspecified atom stereocenters. The Morgan fingerprint density at radius 3 is 2.44 bits per heavy atom. The summed E-state index contributed by atoms with van der Waals surface area (Å²) < 4.78 is 18.4. The van der Waals surface area contributed by atoms with Crippen LogP contribution in [-0.4, -0.2) is 11.6 Å². The Hall–Kier alpha value is -1.10. The average Bonchev–Trinajstić information content (AvgIpc) is 1.96. The zero-order valence-electron chi connectivity index (χ0n) is 9.30. The van der Waals surface area contributed by atoms with Gasteiger partial charge in [-0.3, -0.25) is 0 Å². The molecule has 2 N–H and O–H groups in total. The molecule has 0 aliphatic carbocycles. The van der Waals surface area contributed by atoms with E-state index in [9.17, 15) is 9.18 Å². The summed E-state index contributed by atoms with van der Waals surface area (Å²) in [6.45, 7) is 5.25. The maximum absolute atomic E-state index is 12.9. The largest absolute Gasteiger partial charge is 0.456 e. The molecule has 0 atom stereocenters. The standard InChI is InChI=1S/C11H13BrFNO2/c1-11(2,3)16-10(15)9-7(12)4-6(13)5-8(9)14/h4-5H,14H2,1-3H3. The van der Waals surface area contributed by atoms with Crippen LogP contribution in [-0.2, 0) is 4.74 Å². The van der Waals surface area contributed by atoms with Gasteiger partial charge in [-0.2, -0.15) is 0 Å². The van der Waals surface area contributed by atoms with E-state index in [1.807, 2.05) is 0 Å². The maximum atomic E-state index is 12.9. The first-order valence-electron chi connectivity index (χ1n) is 4.68. The molecule has 0 aromatic heterocycles. The van der Waals surface area contributed by atoms with E-state index in [2.05, 4.69) is 15.9 Å². The number of carbonyl (C=O) groups excluding carboxylic acids is 1. The number of nitrogen functional groups attached to an aromatic ring is 1. The Morgan fingerprint density at radius 1 is 1.44 bits per heavy atom. The normalized spacial score (nSPS) is 11.3. The van der Waals surface area contributed by atoms with Gasteiger partial charge in [0.05, 0.1) is 11.3 Å². The Labute approximate surface area is 102 Å². The second-order valence-corrected chi connectivity index (χ2v) is 5.21. The molecule has 1 aromatic rings. The SMILES string of the molecule is CC(C)(C)OC(=O)c1c(N)cc(F)cc1Br. The van der Waals surface area contributed by atoms with E-state index in [0.29, 0.717) is 4.47 Å². The highest BCUT2D eigenvalue weighted by Crippen LogP contribution is 2.26. The molecule has 1 aromatic carbocycles. The van der Waals surface area contributed by atoms with Crippen LogP contribution in [0.2, 0.25) is 0 Å². The molecule has 0 saturated heterocycles. The minimum absolute atomic E-state index is 0.0566. The predicted molar refractivity (Wildman–Crippen MR) is 63.7 cm³/mol. The Bertz CT molecular complexity index is 403. The van der Waals surface area contributed by atoms with Gasteiger partial charge in [-0.1, -0.05) is 0 Å². The zero-order valence-corrected chi connectivity index (χ0v) is 10.9. The number of ether oxygens (including phenoxy) is 1. The predicted octanol–water partition coefficient (Wildman–Crippen LogP) is 3.13. The van der Waals surface area contributed by atoms with Gasteiger partial charge in [0.1, 0.15) is 11.4 Å². The summed E-state index contributed by atoms with van der Waals surface area (Å²) in [6, 6.07) is 2.26. The van der Waals surface area contributed by atoms with E-state index in [4.69, 9.17) is 10.5 Å². The fraction of sp³-hybridized carbons (Fsp3) is 0.364. The van der Waals surface area contributed by atoms with Crippen LogP contribution < -0.4 is 5.73 Å². The Morgan fingerprint density at radius 2 is 2.00 bits per heavy atom. The molecule has 1 rings (SSSR count). The van der Waals surface area contributed by atoms with E-state index in [-0.39, 0.29) is 11.3 Å². The summed E-state index contributed by atoms with van der Waals surface area (Å²) in [4.78, 5) is 11.8. The Balaban J connectivity index is 3.10. The molecule has 3 nitrogen and oxygen atoms in total. The van der Waals surface area contributed by atoms with Gasteiger partial charge in [-0.15, -0.1) is 0 Å². The number of hydrogen-bond acceptors (Lipinski definition) is 3. The van der Waals surface area contributed by atoms with Crippen molar-refractivity contribution in [3.8, 4) is 0 Å². The van der Waals surface area contributed by atoms with Crippen molar-refractivity contribution in [1.82, 2.24) is 0 Å². The van der Waals surface area contributed by atoms with Crippen molar-refractivity contribution in [2.45, 2.75) is 26.4 Å². The van der Waals surface area contributed by atoms with E-state index in [1.165, 1.54) is 6.07 Å². The lowest BCUT2D eigenvalue weighted by Crippen LogP contribution is -2.24. The number of benzene rings is 1. The van der Waals surface area contributed by atoms with Gasteiger partial charge >= 0.3 is 5.97 Å². The number of anilines is 1. The van der Waals surface area contributed by atoms with E-state index in [0.717, 1.165) is 6.07 Å². The first-order valence-corrected chi connectivity index (χ1v) is 5.48. The molecule has 0 amide bonds. The van der Waals surface area contributed by atoms with Crippen LogP contribution in [0.3, 0.4) is 0 Å². The monoisotopic (exact) mass is 289 g/mol. The van der Waals surface area contributed by atoms with Crippen LogP contribution in [0.1, 0.15) is 31.1 Å². The van der Waals surface area contributed by atoms with E-state index in [1.54, 1.807) is 20.8 Å². The molecule has 0 saturated carbocycles. The van der Waals surface area contributed by atoms with Gasteiger partial charge in [0.15, 0.2) is 0 Å². The number of rotatable bonds is 1. The average molecular weight is 290 g/mol. The molecule has 0 radical (unpaired) electrons. The molecule has 0 bridgehead atoms. The van der Waals surface area contributed by atoms with Gasteiger partial charge < -0.3 is 10.5 Å². The van der Waals surface area contributed by atoms with Crippen LogP contribution in [0.15, 0.2) is 16.6 Å². The summed E-state index contributed by atoms with van der Waals surface area (Å²) in [6.07, 6.45) is 0. The lowest BCUT2D eigenvalue weighted by Gasteiger charge is -2.20. The third kappa shape index (κ3) is 3.20. The number of hydrogen-bond donors (Lipinski definition) is 1. The number of esters is 1. The molecule has 16 heavy (non-hydrogen) atoms. The molecular weight excluding hydrogens is 277 g/mol. The molecular formula is C11H13BrFNO2. The minimum Gasteiger partial charge on any atom is -0.456 e. The van der Waals surface area contributed by atoms with Crippen molar-refractivity contribution in [2.24, 2.45) is 0 Å². The van der Waals surface area contributed by atoms with Crippen molar-refractivity contribution < 1.29 is 13.9 Å². The zero-order chi connectivity index (χ0) is 12.5. The second kappa shape index (κ2) is 4.41. The van der Waals surface area contributed by atoms with Gasteiger partial charge in [-0.05, 0) is 48.8 Å². The number of carbonyl (C=O) groups is 1. The van der Waals surface area contributed by atoms with Gasteiger partial charge in [0.25, 0.3) is 0 Å². The van der Waals surface area contributed by atoms with Crippen molar-refractivity contribution in [3.05, 3.63) is 28.0 Å².